The number of hydrogen-bond donors (Lipinski definition) is 0. The smallest absolute Gasteiger partial charge is 0.249 e. The standard InChI is InChI=1S/C59H74N6O3/c1-60(31-26-45-14-7-4-8-15-45)58(66)50-27-32-62(33-28-50)40-55-42-64(37-46-16-9-5-10-17-46)44-57(55)53-21-13-20-52(36-53)48-24-22-47(23-25-48)38-65-41-54(56(43-65)49-18-11-6-12-19-49)39-63-34-29-51(30-35-63)59(67)61(2)68-3/h4-25,36,50-51,54-57H,26-35,37-44H2,1-3H3/t54?,55?,56-,57?/m1/s1. The first-order valence-electron chi connectivity index (χ1n) is 25.5. The van der Waals surface area contributed by atoms with Crippen LogP contribution in [0, 0.1) is 23.7 Å². The molecular formula is C59H74N6O3. The lowest BCUT2D eigenvalue weighted by Gasteiger charge is -2.35. The lowest BCUT2D eigenvalue weighted by molar-refractivity contribution is -0.174. The van der Waals surface area contributed by atoms with E-state index in [1.54, 1.807) is 14.2 Å². The molecule has 358 valence electrons. The normalized spacial score (nSPS) is 22.4. The molecule has 5 aromatic rings. The van der Waals surface area contributed by atoms with Gasteiger partial charge in [0.05, 0.1) is 7.11 Å². The molecule has 4 heterocycles. The fourth-order valence-corrected chi connectivity index (χ4v) is 12.0. The van der Waals surface area contributed by atoms with Crippen LogP contribution in [0.25, 0.3) is 11.1 Å². The zero-order chi connectivity index (χ0) is 46.8. The van der Waals surface area contributed by atoms with Gasteiger partial charge in [0.2, 0.25) is 11.8 Å². The number of carbonyl (C=O) groups excluding carboxylic acids is 2. The Morgan fingerprint density at radius 3 is 1.56 bits per heavy atom. The number of piperidine rings is 2. The van der Waals surface area contributed by atoms with Crippen molar-refractivity contribution < 1.29 is 14.4 Å². The number of nitrogens with zero attached hydrogens (tertiary/aromatic N) is 6. The highest BCUT2D eigenvalue weighted by Crippen LogP contribution is 2.38. The van der Waals surface area contributed by atoms with Crippen LogP contribution < -0.4 is 0 Å². The Balaban J connectivity index is 0.825. The van der Waals surface area contributed by atoms with Crippen LogP contribution in [0.2, 0.25) is 0 Å². The average molecular weight is 915 g/mol. The fraction of sp³-hybridized carbons (Fsp3) is 0.458. The number of likely N-dealkylation sites (tertiary alicyclic amines) is 4. The summed E-state index contributed by atoms with van der Waals surface area (Å²) in [5.74, 6) is 2.54. The molecule has 68 heavy (non-hydrogen) atoms. The SMILES string of the molecule is CON(C)C(=O)C1CCN(CC2CN(Cc3ccc(-c4cccc(C5CN(Cc6ccccc6)CC5CN5CCC(C(=O)N(C)CCc6ccccc6)CC5)c4)cc3)C[C@@H]2c2ccccc2)CC1. The van der Waals surface area contributed by atoms with Crippen LogP contribution in [-0.2, 0) is 33.9 Å². The second-order valence-corrected chi connectivity index (χ2v) is 20.5. The van der Waals surface area contributed by atoms with Crippen LogP contribution in [0.15, 0.2) is 140 Å². The number of likely N-dealkylation sites (N-methyl/N-ethyl adjacent to an activating group) is 1. The van der Waals surface area contributed by atoms with Gasteiger partial charge in [-0.05, 0) is 109 Å². The molecule has 0 aliphatic carbocycles. The van der Waals surface area contributed by atoms with E-state index in [2.05, 4.69) is 153 Å². The maximum Gasteiger partial charge on any atom is 0.249 e. The van der Waals surface area contributed by atoms with Crippen LogP contribution in [0.5, 0.6) is 0 Å². The van der Waals surface area contributed by atoms with Crippen molar-refractivity contribution in [3.8, 4) is 11.1 Å². The van der Waals surface area contributed by atoms with Crippen molar-refractivity contribution >= 4 is 11.8 Å². The maximum atomic E-state index is 13.5. The molecule has 2 amide bonds. The van der Waals surface area contributed by atoms with E-state index in [-0.39, 0.29) is 17.7 Å². The largest absolute Gasteiger partial charge is 0.345 e. The van der Waals surface area contributed by atoms with Crippen molar-refractivity contribution in [1.82, 2.24) is 29.6 Å². The number of rotatable bonds is 17. The van der Waals surface area contributed by atoms with Gasteiger partial charge in [-0.25, -0.2) is 5.06 Å². The summed E-state index contributed by atoms with van der Waals surface area (Å²) in [5, 5.41) is 1.39. The predicted octanol–water partition coefficient (Wildman–Crippen LogP) is 8.93. The van der Waals surface area contributed by atoms with E-state index in [9.17, 15) is 9.59 Å². The first-order chi connectivity index (χ1) is 33.3. The molecule has 4 saturated heterocycles. The third kappa shape index (κ3) is 12.2. The molecule has 9 nitrogen and oxygen atoms in total. The molecule has 5 aromatic carbocycles. The molecule has 4 aliphatic heterocycles. The second kappa shape index (κ2) is 23.0. The van der Waals surface area contributed by atoms with E-state index in [1.165, 1.54) is 44.0 Å². The minimum absolute atomic E-state index is 0.0451. The molecule has 0 radical (unpaired) electrons. The quantitative estimate of drug-likeness (QED) is 0.0865. The summed E-state index contributed by atoms with van der Waals surface area (Å²) in [6.07, 6.45) is 4.55. The maximum absolute atomic E-state index is 13.5. The lowest BCUT2D eigenvalue weighted by atomic mass is 9.86. The molecule has 0 bridgehead atoms. The highest BCUT2D eigenvalue weighted by molar-refractivity contribution is 5.79. The monoisotopic (exact) mass is 915 g/mol. The van der Waals surface area contributed by atoms with Gasteiger partial charge in [0, 0.05) is 96.7 Å². The van der Waals surface area contributed by atoms with Crippen molar-refractivity contribution in [3.63, 3.8) is 0 Å². The number of hydrogen-bond acceptors (Lipinski definition) is 7. The van der Waals surface area contributed by atoms with E-state index in [1.807, 2.05) is 18.0 Å². The van der Waals surface area contributed by atoms with Gasteiger partial charge < -0.3 is 14.7 Å². The molecule has 4 atom stereocenters. The van der Waals surface area contributed by atoms with Gasteiger partial charge in [-0.1, -0.05) is 140 Å². The van der Waals surface area contributed by atoms with E-state index < -0.39 is 0 Å². The molecule has 4 fully saturated rings. The minimum atomic E-state index is 0.0451. The zero-order valence-corrected chi connectivity index (χ0v) is 40.9. The summed E-state index contributed by atoms with van der Waals surface area (Å²) < 4.78 is 0. The van der Waals surface area contributed by atoms with E-state index in [4.69, 9.17) is 4.84 Å². The summed E-state index contributed by atoms with van der Waals surface area (Å²) >= 11 is 0. The molecule has 4 aliphatic rings. The van der Waals surface area contributed by atoms with Crippen molar-refractivity contribution in [2.75, 3.05) is 93.2 Å². The molecule has 3 unspecified atom stereocenters. The second-order valence-electron chi connectivity index (χ2n) is 20.5. The van der Waals surface area contributed by atoms with Crippen molar-refractivity contribution in [3.05, 3.63) is 167 Å². The molecular weight excluding hydrogens is 841 g/mol. The minimum Gasteiger partial charge on any atom is -0.345 e. The molecule has 0 N–H and O–H groups in total. The molecule has 0 spiro atoms. The van der Waals surface area contributed by atoms with Gasteiger partial charge in [0.25, 0.3) is 0 Å². The van der Waals surface area contributed by atoms with Crippen LogP contribution >= 0.6 is 0 Å². The highest BCUT2D eigenvalue weighted by atomic mass is 16.7. The topological polar surface area (TPSA) is 62.8 Å². The first-order valence-corrected chi connectivity index (χ1v) is 25.5. The van der Waals surface area contributed by atoms with Crippen LogP contribution in [-0.4, -0.2) is 135 Å². The van der Waals surface area contributed by atoms with Crippen LogP contribution in [0.3, 0.4) is 0 Å². The summed E-state index contributed by atoms with van der Waals surface area (Å²) in [6, 6.07) is 51.3. The molecule has 0 aromatic heterocycles. The zero-order valence-electron chi connectivity index (χ0n) is 40.9. The van der Waals surface area contributed by atoms with Crippen molar-refractivity contribution in [2.45, 2.75) is 57.0 Å². The van der Waals surface area contributed by atoms with Crippen molar-refractivity contribution in [2.24, 2.45) is 23.7 Å². The first kappa shape index (κ1) is 47.9. The Hall–Kier alpha value is -5.16. The number of benzene rings is 5. The molecule has 9 rings (SSSR count). The highest BCUT2D eigenvalue weighted by Gasteiger charge is 2.38. The number of amides is 2. The third-order valence-corrected chi connectivity index (χ3v) is 15.9. The van der Waals surface area contributed by atoms with E-state index >= 15 is 0 Å². The Bertz CT molecular complexity index is 2350. The predicted molar refractivity (Wildman–Crippen MR) is 274 cm³/mol. The van der Waals surface area contributed by atoms with Gasteiger partial charge in [0.1, 0.15) is 0 Å². The van der Waals surface area contributed by atoms with Gasteiger partial charge in [0.15, 0.2) is 0 Å². The Labute approximate surface area is 406 Å². The number of hydroxylamine groups is 2. The Kier molecular flexibility index (Phi) is 16.2. The van der Waals surface area contributed by atoms with Crippen LogP contribution in [0.4, 0.5) is 0 Å². The summed E-state index contributed by atoms with van der Waals surface area (Å²) in [4.78, 5) is 44.1. The Morgan fingerprint density at radius 1 is 0.515 bits per heavy atom. The Morgan fingerprint density at radius 2 is 1.00 bits per heavy atom. The summed E-state index contributed by atoms with van der Waals surface area (Å²) in [7, 11) is 5.27. The van der Waals surface area contributed by atoms with Gasteiger partial charge in [-0.2, -0.15) is 0 Å². The molecule has 9 heteroatoms. The summed E-state index contributed by atoms with van der Waals surface area (Å²) in [6.45, 7) is 12.9. The average Bonchev–Trinajstić information content (AvgIpc) is 3.98. The van der Waals surface area contributed by atoms with E-state index in [0.29, 0.717) is 29.6 Å². The number of carbonyl (C=O) groups is 2. The lowest BCUT2D eigenvalue weighted by Crippen LogP contribution is -2.43. The van der Waals surface area contributed by atoms with Gasteiger partial charge >= 0.3 is 0 Å². The van der Waals surface area contributed by atoms with Crippen LogP contribution in [0.1, 0.15) is 65.3 Å². The van der Waals surface area contributed by atoms with E-state index in [0.717, 1.165) is 117 Å². The summed E-state index contributed by atoms with van der Waals surface area (Å²) in [5.41, 5.74) is 9.44. The van der Waals surface area contributed by atoms with Gasteiger partial charge in [-0.3, -0.25) is 24.2 Å². The van der Waals surface area contributed by atoms with Gasteiger partial charge in [-0.15, -0.1) is 0 Å². The molecule has 0 saturated carbocycles. The third-order valence-electron chi connectivity index (χ3n) is 15.9. The van der Waals surface area contributed by atoms with Crippen molar-refractivity contribution in [1.29, 1.82) is 0 Å². The fourth-order valence-electron chi connectivity index (χ4n) is 12.0.